The number of carboxylic acid groups (broad SMARTS) is 1. The van der Waals surface area contributed by atoms with E-state index >= 15 is 0 Å². The van der Waals surface area contributed by atoms with Crippen molar-refractivity contribution >= 4 is 23.7 Å². The van der Waals surface area contributed by atoms with Gasteiger partial charge in [0.2, 0.25) is 17.7 Å². The molecule has 2 fully saturated rings. The molecule has 0 spiro atoms. The highest BCUT2D eigenvalue weighted by Gasteiger charge is 2.44. The van der Waals surface area contributed by atoms with Crippen molar-refractivity contribution in [1.82, 2.24) is 10.2 Å². The predicted octanol–water partition coefficient (Wildman–Crippen LogP) is -0.493. The van der Waals surface area contributed by atoms with Crippen LogP contribution in [0.2, 0.25) is 0 Å². The molecule has 1 heterocycles. The van der Waals surface area contributed by atoms with Crippen LogP contribution < -0.4 is 5.32 Å². The Balaban J connectivity index is 2.05. The van der Waals surface area contributed by atoms with E-state index < -0.39 is 29.1 Å². The first kappa shape index (κ1) is 13.5. The van der Waals surface area contributed by atoms with Gasteiger partial charge >= 0.3 is 5.97 Å². The maximum atomic E-state index is 12.1. The second kappa shape index (κ2) is 4.99. The third-order valence-corrected chi connectivity index (χ3v) is 3.80. The van der Waals surface area contributed by atoms with E-state index in [-0.39, 0.29) is 19.5 Å². The van der Waals surface area contributed by atoms with Gasteiger partial charge < -0.3 is 10.0 Å². The molecule has 2 aliphatic rings. The molecule has 0 unspecified atom stereocenters. The third-order valence-electron chi connectivity index (χ3n) is 3.80. The van der Waals surface area contributed by atoms with E-state index in [2.05, 4.69) is 5.32 Å². The van der Waals surface area contributed by atoms with Crippen LogP contribution in [-0.4, -0.2) is 46.8 Å². The van der Waals surface area contributed by atoms with Crippen LogP contribution in [0.4, 0.5) is 0 Å². The van der Waals surface area contributed by atoms with E-state index in [1.165, 1.54) is 0 Å². The molecule has 3 amide bonds. The Hall–Kier alpha value is -1.92. The van der Waals surface area contributed by atoms with E-state index in [1.807, 2.05) is 0 Å². The highest BCUT2D eigenvalue weighted by molar-refractivity contribution is 6.02. The van der Waals surface area contributed by atoms with Gasteiger partial charge in [0, 0.05) is 6.42 Å². The molecule has 1 aliphatic heterocycles. The second-order valence-electron chi connectivity index (χ2n) is 5.19. The van der Waals surface area contributed by atoms with Crippen molar-refractivity contribution in [3.05, 3.63) is 0 Å². The monoisotopic (exact) mass is 268 g/mol. The van der Waals surface area contributed by atoms with Crippen molar-refractivity contribution in [2.24, 2.45) is 5.41 Å². The van der Waals surface area contributed by atoms with Crippen LogP contribution in [0.25, 0.3) is 0 Å². The average Bonchev–Trinajstić information content (AvgIpc) is 2.77. The van der Waals surface area contributed by atoms with Crippen LogP contribution in [0, 0.1) is 5.41 Å². The molecule has 19 heavy (non-hydrogen) atoms. The molecule has 2 rings (SSSR count). The van der Waals surface area contributed by atoms with Crippen LogP contribution in [-0.2, 0) is 19.2 Å². The first-order valence-corrected chi connectivity index (χ1v) is 6.27. The molecule has 7 heteroatoms. The second-order valence-corrected chi connectivity index (χ2v) is 5.19. The lowest BCUT2D eigenvalue weighted by atomic mass is 9.82. The van der Waals surface area contributed by atoms with Crippen molar-refractivity contribution in [1.29, 1.82) is 0 Å². The Kier molecular flexibility index (Phi) is 3.55. The van der Waals surface area contributed by atoms with Crippen LogP contribution in [0.3, 0.4) is 0 Å². The number of rotatable bonds is 3. The van der Waals surface area contributed by atoms with E-state index in [1.54, 1.807) is 0 Å². The normalized spacial score (nSPS) is 22.2. The van der Waals surface area contributed by atoms with E-state index in [9.17, 15) is 24.3 Å². The van der Waals surface area contributed by atoms with Crippen molar-refractivity contribution in [3.8, 4) is 0 Å². The summed E-state index contributed by atoms with van der Waals surface area (Å²) in [6, 6.07) is 0. The topological polar surface area (TPSA) is 104 Å². The smallest absolute Gasteiger partial charge is 0.310 e. The number of imide groups is 1. The van der Waals surface area contributed by atoms with Crippen LogP contribution in [0.1, 0.15) is 32.1 Å². The number of aliphatic carboxylic acids is 1. The van der Waals surface area contributed by atoms with Gasteiger partial charge in [-0.05, 0) is 12.8 Å². The molecule has 1 aliphatic carbocycles. The molecule has 0 aromatic heterocycles. The van der Waals surface area contributed by atoms with Crippen molar-refractivity contribution in [3.63, 3.8) is 0 Å². The van der Waals surface area contributed by atoms with Crippen LogP contribution in [0.15, 0.2) is 0 Å². The molecular formula is C12H16N2O5. The van der Waals surface area contributed by atoms with Crippen LogP contribution in [0.5, 0.6) is 0 Å². The quantitative estimate of drug-likeness (QED) is 0.672. The molecule has 1 saturated carbocycles. The predicted molar refractivity (Wildman–Crippen MR) is 62.9 cm³/mol. The van der Waals surface area contributed by atoms with Gasteiger partial charge in [0.15, 0.2) is 0 Å². The fourth-order valence-corrected chi connectivity index (χ4v) is 2.73. The fraction of sp³-hybridized carbons (Fsp3) is 0.667. The maximum Gasteiger partial charge on any atom is 0.310 e. The number of amides is 3. The molecule has 0 atom stereocenters. The molecule has 104 valence electrons. The molecule has 7 nitrogen and oxygen atoms in total. The SMILES string of the molecule is O=C1CN(C(=O)CC2(C(=O)O)CCCC2)CC(=O)N1. The van der Waals surface area contributed by atoms with Gasteiger partial charge in [0.05, 0.1) is 5.41 Å². The molecule has 1 saturated heterocycles. The van der Waals surface area contributed by atoms with E-state index in [4.69, 9.17) is 0 Å². The van der Waals surface area contributed by atoms with Crippen molar-refractivity contribution in [2.45, 2.75) is 32.1 Å². The Morgan fingerprint density at radius 1 is 1.16 bits per heavy atom. The van der Waals surface area contributed by atoms with Gasteiger partial charge in [-0.3, -0.25) is 24.5 Å². The number of hydrogen-bond acceptors (Lipinski definition) is 4. The standard InChI is InChI=1S/C12H16N2O5/c15-8-6-14(7-9(16)13-8)10(17)5-12(11(18)19)3-1-2-4-12/h1-7H2,(H,18,19)(H,13,15,16). The summed E-state index contributed by atoms with van der Waals surface area (Å²) in [7, 11) is 0. The molecule has 0 aromatic rings. The van der Waals surface area contributed by atoms with Crippen molar-refractivity contribution in [2.75, 3.05) is 13.1 Å². The zero-order valence-electron chi connectivity index (χ0n) is 10.5. The maximum absolute atomic E-state index is 12.1. The van der Waals surface area contributed by atoms with Crippen LogP contribution >= 0.6 is 0 Å². The minimum absolute atomic E-state index is 0.136. The number of nitrogens with zero attached hydrogens (tertiary/aromatic N) is 1. The Bertz CT molecular complexity index is 423. The third kappa shape index (κ3) is 2.74. The highest BCUT2D eigenvalue weighted by atomic mass is 16.4. The van der Waals surface area contributed by atoms with Gasteiger partial charge in [-0.2, -0.15) is 0 Å². The summed E-state index contributed by atoms with van der Waals surface area (Å²) < 4.78 is 0. The molecular weight excluding hydrogens is 252 g/mol. The van der Waals surface area contributed by atoms with Crippen molar-refractivity contribution < 1.29 is 24.3 Å². The fourth-order valence-electron chi connectivity index (χ4n) is 2.73. The summed E-state index contributed by atoms with van der Waals surface area (Å²) in [5, 5.41) is 11.4. The van der Waals surface area contributed by atoms with E-state index in [0.29, 0.717) is 12.8 Å². The number of carbonyl (C=O) groups excluding carboxylic acids is 3. The average molecular weight is 268 g/mol. The Morgan fingerprint density at radius 3 is 2.16 bits per heavy atom. The zero-order valence-corrected chi connectivity index (χ0v) is 10.5. The molecule has 0 bridgehead atoms. The van der Waals surface area contributed by atoms with Gasteiger partial charge in [0.1, 0.15) is 13.1 Å². The van der Waals surface area contributed by atoms with Gasteiger partial charge in [-0.1, -0.05) is 12.8 Å². The minimum Gasteiger partial charge on any atom is -0.481 e. The Morgan fingerprint density at radius 2 is 1.68 bits per heavy atom. The lowest BCUT2D eigenvalue weighted by Crippen LogP contribution is -2.54. The molecule has 0 radical (unpaired) electrons. The zero-order chi connectivity index (χ0) is 14.0. The summed E-state index contributed by atoms with van der Waals surface area (Å²) in [5.74, 6) is -2.46. The van der Waals surface area contributed by atoms with Gasteiger partial charge in [-0.25, -0.2) is 0 Å². The molecule has 2 N–H and O–H groups in total. The van der Waals surface area contributed by atoms with E-state index in [0.717, 1.165) is 17.7 Å². The first-order chi connectivity index (χ1) is 8.93. The lowest BCUT2D eigenvalue weighted by Gasteiger charge is -2.29. The largest absolute Gasteiger partial charge is 0.481 e. The molecule has 0 aromatic carbocycles. The summed E-state index contributed by atoms with van der Waals surface area (Å²) in [4.78, 5) is 47.0. The Labute approximate surface area is 109 Å². The first-order valence-electron chi connectivity index (χ1n) is 6.27. The number of carbonyl (C=O) groups is 4. The number of piperazine rings is 1. The summed E-state index contributed by atoms with van der Waals surface area (Å²) >= 11 is 0. The minimum atomic E-state index is -1.02. The lowest BCUT2D eigenvalue weighted by molar-refractivity contribution is -0.154. The van der Waals surface area contributed by atoms with Gasteiger partial charge in [-0.15, -0.1) is 0 Å². The summed E-state index contributed by atoms with van der Waals surface area (Å²) in [6.07, 6.45) is 2.39. The summed E-state index contributed by atoms with van der Waals surface area (Å²) in [5.41, 5.74) is -1.02. The summed E-state index contributed by atoms with van der Waals surface area (Å²) in [6.45, 7) is -0.361. The number of carboxylic acids is 1. The highest BCUT2D eigenvalue weighted by Crippen LogP contribution is 2.41. The van der Waals surface area contributed by atoms with Gasteiger partial charge in [0.25, 0.3) is 0 Å². The number of hydrogen-bond donors (Lipinski definition) is 2. The number of nitrogens with one attached hydrogen (secondary N) is 1.